The van der Waals surface area contributed by atoms with Crippen LogP contribution in [0, 0.1) is 11.8 Å². The summed E-state index contributed by atoms with van der Waals surface area (Å²) in [5, 5.41) is -0.259. The number of hydrogen-bond donors (Lipinski definition) is 0. The molecule has 2 bridgehead atoms. The van der Waals surface area contributed by atoms with Crippen LogP contribution in [0.4, 0.5) is 0 Å². The molecule has 0 heterocycles. The number of fused-ring (bicyclic) bond motifs is 5. The molecule has 3 aliphatic carbocycles. The predicted octanol–water partition coefficient (Wildman–Crippen LogP) is 9.04. The van der Waals surface area contributed by atoms with Gasteiger partial charge in [0, 0.05) is 5.92 Å². The van der Waals surface area contributed by atoms with Gasteiger partial charge in [0.05, 0.1) is 20.8 Å². The molecule has 2 fully saturated rings. The maximum absolute atomic E-state index is 6.62. The highest BCUT2D eigenvalue weighted by atomic mass is 35.5. The van der Waals surface area contributed by atoms with E-state index in [0.29, 0.717) is 6.42 Å². The van der Waals surface area contributed by atoms with Gasteiger partial charge in [-0.3, -0.25) is 0 Å². The Morgan fingerprint density at radius 2 is 1.10 bits per heavy atom. The zero-order valence-corrected chi connectivity index (χ0v) is 21.4. The number of allylic oxidation sites excluding steroid dienone is 2. The Morgan fingerprint density at radius 3 is 1.57 bits per heavy atom. The fourth-order valence-electron chi connectivity index (χ4n) is 4.74. The van der Waals surface area contributed by atoms with E-state index in [0.717, 1.165) is 0 Å². The molecule has 6 atom stereocenters. The average molecular weight is 564 g/mol. The molecule has 5 rings (SSSR count). The first-order chi connectivity index (χ1) is 14.1. The van der Waals surface area contributed by atoms with E-state index in [4.69, 9.17) is 92.8 Å². The van der Waals surface area contributed by atoms with Crippen molar-refractivity contribution in [2.45, 2.75) is 31.3 Å². The van der Waals surface area contributed by atoms with Crippen LogP contribution in [0.3, 0.4) is 0 Å². The molecule has 0 N–H and O–H groups in total. The molecule has 160 valence electrons. The van der Waals surface area contributed by atoms with Crippen LogP contribution in [-0.2, 0) is 0 Å². The largest absolute Gasteiger partial charge is 0.166 e. The van der Waals surface area contributed by atoms with E-state index in [9.17, 15) is 0 Å². The molecule has 30 heavy (non-hydrogen) atoms. The van der Waals surface area contributed by atoms with E-state index in [1.807, 2.05) is 12.1 Å². The van der Waals surface area contributed by atoms with Crippen LogP contribution in [0.5, 0.6) is 0 Å². The lowest BCUT2D eigenvalue weighted by molar-refractivity contribution is 0.385. The third-order valence-electron chi connectivity index (χ3n) is 6.20. The quantitative estimate of drug-likeness (QED) is 0.304. The molecule has 0 spiro atoms. The van der Waals surface area contributed by atoms with E-state index in [-0.39, 0.29) is 27.3 Å². The maximum Gasteiger partial charge on any atom is 0.166 e. The van der Waals surface area contributed by atoms with Gasteiger partial charge in [0.2, 0.25) is 0 Å². The smallest absolute Gasteiger partial charge is 0.121 e. The molecule has 2 aromatic rings. The van der Waals surface area contributed by atoms with Gasteiger partial charge < -0.3 is 0 Å². The molecular weight excluding hydrogens is 548 g/mol. The Balaban J connectivity index is 0.000000158. The molecule has 8 heteroatoms. The van der Waals surface area contributed by atoms with Crippen LogP contribution in [-0.4, -0.2) is 24.8 Å². The van der Waals surface area contributed by atoms with Gasteiger partial charge >= 0.3 is 0 Å². The summed E-state index contributed by atoms with van der Waals surface area (Å²) in [5.41, 5.74) is 2.55. The minimum atomic E-state index is -1.50. The van der Waals surface area contributed by atoms with Crippen LogP contribution in [0.2, 0.25) is 0 Å². The highest BCUT2D eigenvalue weighted by Crippen LogP contribution is 2.79. The van der Waals surface area contributed by atoms with Crippen molar-refractivity contribution in [1.82, 2.24) is 0 Å². The lowest BCUT2D eigenvalue weighted by atomic mass is 9.84. The first kappa shape index (κ1) is 23.7. The highest BCUT2D eigenvalue weighted by molar-refractivity contribution is 6.66. The summed E-state index contributed by atoms with van der Waals surface area (Å²) in [6, 6.07) is 20.8. The van der Waals surface area contributed by atoms with Gasteiger partial charge in [-0.25, -0.2) is 0 Å². The predicted molar refractivity (Wildman–Crippen MR) is 133 cm³/mol. The molecular formula is C22H16Cl8. The molecule has 2 aromatic carbocycles. The van der Waals surface area contributed by atoms with Crippen molar-refractivity contribution in [3.8, 4) is 11.1 Å². The van der Waals surface area contributed by atoms with Crippen LogP contribution < -0.4 is 0 Å². The number of hydrogen-bond acceptors (Lipinski definition) is 0. The molecule has 0 nitrogen and oxygen atoms in total. The van der Waals surface area contributed by atoms with Crippen molar-refractivity contribution in [2.75, 3.05) is 0 Å². The van der Waals surface area contributed by atoms with Crippen LogP contribution >= 0.6 is 92.8 Å². The Hall–Kier alpha value is 0.500. The summed E-state index contributed by atoms with van der Waals surface area (Å²) in [7, 11) is 0. The lowest BCUT2D eigenvalue weighted by Crippen LogP contribution is -2.47. The lowest BCUT2D eigenvalue weighted by Gasteiger charge is -2.35. The van der Waals surface area contributed by atoms with Gasteiger partial charge in [0.1, 0.15) is 9.75 Å². The Kier molecular flexibility index (Phi) is 6.60. The van der Waals surface area contributed by atoms with E-state index in [2.05, 4.69) is 48.5 Å². The Morgan fingerprint density at radius 1 is 0.667 bits per heavy atom. The van der Waals surface area contributed by atoms with Crippen molar-refractivity contribution >= 4 is 92.8 Å². The van der Waals surface area contributed by atoms with Crippen molar-refractivity contribution < 1.29 is 0 Å². The Bertz CT molecular complexity index is 922. The van der Waals surface area contributed by atoms with Crippen molar-refractivity contribution in [3.05, 3.63) is 70.7 Å². The molecule has 0 aromatic heterocycles. The number of alkyl halides is 6. The number of rotatable bonds is 1. The first-order valence-electron chi connectivity index (χ1n) is 9.29. The molecule has 6 unspecified atom stereocenters. The minimum absolute atomic E-state index is 0.184. The zero-order valence-electron chi connectivity index (χ0n) is 15.3. The van der Waals surface area contributed by atoms with Crippen molar-refractivity contribution in [2.24, 2.45) is 11.8 Å². The zero-order chi connectivity index (χ0) is 21.9. The SMILES string of the molecule is ClC1=C(Cl)C2(Cl)C3C(Cl)C(Cl)CC3C1(Cl)C2(Cl)Cl.c1ccc(-c2ccccc2)cc1. The normalized spacial score (nSPS) is 38.3. The highest BCUT2D eigenvalue weighted by Gasteiger charge is 2.84. The number of halogens is 8. The Labute approximate surface area is 216 Å². The summed E-state index contributed by atoms with van der Waals surface area (Å²) in [6.45, 7) is 0. The van der Waals surface area contributed by atoms with E-state index in [1.165, 1.54) is 11.1 Å². The first-order valence-corrected chi connectivity index (χ1v) is 12.4. The fraction of sp³-hybridized carbons (Fsp3) is 0.364. The monoisotopic (exact) mass is 560 g/mol. The van der Waals surface area contributed by atoms with E-state index >= 15 is 0 Å². The minimum Gasteiger partial charge on any atom is -0.121 e. The van der Waals surface area contributed by atoms with Gasteiger partial charge in [-0.05, 0) is 23.5 Å². The second-order valence-electron chi connectivity index (χ2n) is 7.69. The summed E-state index contributed by atoms with van der Waals surface area (Å²) < 4.78 is -1.50. The standard InChI is InChI=1S/C12H10.C10H6Cl8/c1-3-7-11(8-4-1)12-9-5-2-6-10-12;11-3-1-2-4(5(3)12)9(16)7(14)6(13)8(2,15)10(9,17)18/h1-10H;2-5H,1H2. The average Bonchev–Trinajstić information content (AvgIpc) is 3.17. The maximum atomic E-state index is 6.62. The summed E-state index contributed by atoms with van der Waals surface area (Å²) in [6.07, 6.45) is 0.555. The summed E-state index contributed by atoms with van der Waals surface area (Å²) in [5.74, 6) is -0.488. The van der Waals surface area contributed by atoms with Gasteiger partial charge in [0.25, 0.3) is 0 Å². The van der Waals surface area contributed by atoms with Crippen LogP contribution in [0.25, 0.3) is 11.1 Å². The molecule has 0 amide bonds. The van der Waals surface area contributed by atoms with Gasteiger partial charge in [-0.2, -0.15) is 0 Å². The number of benzene rings is 2. The van der Waals surface area contributed by atoms with E-state index in [1.54, 1.807) is 0 Å². The van der Waals surface area contributed by atoms with E-state index < -0.39 is 19.5 Å². The second kappa shape index (κ2) is 8.37. The van der Waals surface area contributed by atoms with Gasteiger partial charge in [-0.1, -0.05) is 107 Å². The van der Waals surface area contributed by atoms with Gasteiger partial charge in [0.15, 0.2) is 4.33 Å². The second-order valence-corrected chi connectivity index (χ2v) is 12.0. The van der Waals surface area contributed by atoms with Crippen LogP contribution in [0.15, 0.2) is 70.7 Å². The van der Waals surface area contributed by atoms with Crippen molar-refractivity contribution in [1.29, 1.82) is 0 Å². The van der Waals surface area contributed by atoms with Crippen molar-refractivity contribution in [3.63, 3.8) is 0 Å². The molecule has 0 saturated heterocycles. The third-order valence-corrected chi connectivity index (χ3v) is 11.7. The van der Waals surface area contributed by atoms with Gasteiger partial charge in [-0.15, -0.1) is 46.4 Å². The molecule has 2 saturated carbocycles. The molecule has 0 radical (unpaired) electrons. The fourth-order valence-corrected chi connectivity index (χ4v) is 8.72. The molecule has 0 aliphatic heterocycles. The summed E-state index contributed by atoms with van der Waals surface area (Å²) >= 11 is 51.0. The van der Waals surface area contributed by atoms with Crippen LogP contribution in [0.1, 0.15) is 6.42 Å². The third kappa shape index (κ3) is 3.17. The summed E-state index contributed by atoms with van der Waals surface area (Å²) in [4.78, 5) is -2.50. The topological polar surface area (TPSA) is 0 Å². The molecule has 3 aliphatic rings.